The van der Waals surface area contributed by atoms with Crippen LogP contribution in [-0.2, 0) is 9.53 Å². The molecule has 3 heteroatoms. The molecule has 0 aromatic carbocycles. The fourth-order valence-corrected chi connectivity index (χ4v) is 3.59. The smallest absolute Gasteiger partial charge is 0.308 e. The van der Waals surface area contributed by atoms with E-state index in [9.17, 15) is 4.79 Å². The molecule has 2 rings (SSSR count). The van der Waals surface area contributed by atoms with Gasteiger partial charge in [0.05, 0.1) is 12.5 Å². The lowest BCUT2D eigenvalue weighted by Gasteiger charge is -2.31. The zero-order valence-corrected chi connectivity index (χ0v) is 12.3. The average Bonchev–Trinajstić information content (AvgIpc) is 2.68. The van der Waals surface area contributed by atoms with Crippen molar-refractivity contribution in [1.29, 1.82) is 0 Å². The predicted octanol–water partition coefficient (Wildman–Crippen LogP) is 3.42. The Balaban J connectivity index is 1.78. The Labute approximate surface area is 117 Å². The Bertz CT molecular complexity index is 272. The predicted molar refractivity (Wildman–Crippen MR) is 77.0 cm³/mol. The monoisotopic (exact) mass is 267 g/mol. The number of carbonyl (C=O) groups is 1. The fraction of sp³-hybridized carbons (Fsp3) is 0.938. The zero-order chi connectivity index (χ0) is 13.5. The van der Waals surface area contributed by atoms with E-state index in [-0.39, 0.29) is 11.9 Å². The summed E-state index contributed by atoms with van der Waals surface area (Å²) >= 11 is 0. The first-order chi connectivity index (χ1) is 9.29. The molecule has 19 heavy (non-hydrogen) atoms. The van der Waals surface area contributed by atoms with Crippen LogP contribution in [-0.4, -0.2) is 24.7 Å². The normalized spacial score (nSPS) is 29.7. The third-order valence-corrected chi connectivity index (χ3v) is 4.62. The van der Waals surface area contributed by atoms with E-state index >= 15 is 0 Å². The van der Waals surface area contributed by atoms with Crippen LogP contribution in [0.4, 0.5) is 0 Å². The SMILES string of the molecule is CCOC(=O)C1CCCC(NC2CCCCCC2)C1. The van der Waals surface area contributed by atoms with Gasteiger partial charge < -0.3 is 10.1 Å². The standard InChI is InChI=1S/C16H29NO2/c1-2-19-16(18)13-8-7-11-15(12-13)17-14-9-5-3-4-6-10-14/h13-15,17H,2-12H2,1H3. The Hall–Kier alpha value is -0.570. The first-order valence-electron chi connectivity index (χ1n) is 8.22. The maximum atomic E-state index is 11.8. The molecule has 110 valence electrons. The van der Waals surface area contributed by atoms with Crippen LogP contribution in [0.5, 0.6) is 0 Å². The molecule has 2 aliphatic carbocycles. The summed E-state index contributed by atoms with van der Waals surface area (Å²) in [6, 6.07) is 1.22. The van der Waals surface area contributed by atoms with Gasteiger partial charge in [-0.2, -0.15) is 0 Å². The van der Waals surface area contributed by atoms with E-state index in [1.54, 1.807) is 0 Å². The number of esters is 1. The molecule has 0 spiro atoms. The Morgan fingerprint density at radius 3 is 2.37 bits per heavy atom. The van der Waals surface area contributed by atoms with Gasteiger partial charge in [-0.3, -0.25) is 4.79 Å². The van der Waals surface area contributed by atoms with E-state index in [0.717, 1.165) is 19.3 Å². The highest BCUT2D eigenvalue weighted by atomic mass is 16.5. The summed E-state index contributed by atoms with van der Waals surface area (Å²) in [6.07, 6.45) is 12.6. The van der Waals surface area contributed by atoms with E-state index in [4.69, 9.17) is 4.74 Å². The van der Waals surface area contributed by atoms with Crippen molar-refractivity contribution in [3.63, 3.8) is 0 Å². The highest BCUT2D eigenvalue weighted by Gasteiger charge is 2.29. The quantitative estimate of drug-likeness (QED) is 0.626. The van der Waals surface area contributed by atoms with Crippen molar-refractivity contribution in [1.82, 2.24) is 5.32 Å². The van der Waals surface area contributed by atoms with Crippen molar-refractivity contribution >= 4 is 5.97 Å². The molecule has 2 fully saturated rings. The molecule has 0 aromatic rings. The summed E-state index contributed by atoms with van der Waals surface area (Å²) in [7, 11) is 0. The van der Waals surface area contributed by atoms with Gasteiger partial charge in [0.15, 0.2) is 0 Å². The number of hydrogen-bond donors (Lipinski definition) is 1. The second-order valence-corrected chi connectivity index (χ2v) is 6.17. The van der Waals surface area contributed by atoms with Crippen LogP contribution >= 0.6 is 0 Å². The minimum Gasteiger partial charge on any atom is -0.466 e. The molecule has 0 bridgehead atoms. The third kappa shape index (κ3) is 4.79. The summed E-state index contributed by atoms with van der Waals surface area (Å²) < 4.78 is 5.17. The molecule has 3 nitrogen and oxygen atoms in total. The first-order valence-corrected chi connectivity index (χ1v) is 8.22. The molecular formula is C16H29NO2. The number of carbonyl (C=O) groups excluding carboxylic acids is 1. The van der Waals surface area contributed by atoms with Gasteiger partial charge in [0.25, 0.3) is 0 Å². The second-order valence-electron chi connectivity index (χ2n) is 6.17. The summed E-state index contributed by atoms with van der Waals surface area (Å²) in [6.45, 7) is 2.40. The largest absolute Gasteiger partial charge is 0.466 e. The van der Waals surface area contributed by atoms with Crippen molar-refractivity contribution in [3.05, 3.63) is 0 Å². The van der Waals surface area contributed by atoms with Gasteiger partial charge in [-0.1, -0.05) is 32.1 Å². The van der Waals surface area contributed by atoms with Crippen LogP contribution in [0.3, 0.4) is 0 Å². The van der Waals surface area contributed by atoms with E-state index in [0.29, 0.717) is 18.7 Å². The number of hydrogen-bond acceptors (Lipinski definition) is 3. The van der Waals surface area contributed by atoms with Gasteiger partial charge in [0, 0.05) is 12.1 Å². The van der Waals surface area contributed by atoms with Crippen LogP contribution in [0.1, 0.15) is 71.1 Å². The molecule has 0 saturated heterocycles. The molecule has 0 aromatic heterocycles. The van der Waals surface area contributed by atoms with E-state index < -0.39 is 0 Å². The molecule has 2 atom stereocenters. The van der Waals surface area contributed by atoms with Gasteiger partial charge in [-0.05, 0) is 39.0 Å². The van der Waals surface area contributed by atoms with Crippen molar-refractivity contribution in [2.75, 3.05) is 6.61 Å². The molecule has 0 aliphatic heterocycles. The summed E-state index contributed by atoms with van der Waals surface area (Å²) in [4.78, 5) is 11.8. The van der Waals surface area contributed by atoms with Crippen molar-refractivity contribution in [3.8, 4) is 0 Å². The van der Waals surface area contributed by atoms with Crippen molar-refractivity contribution in [2.24, 2.45) is 5.92 Å². The van der Waals surface area contributed by atoms with Gasteiger partial charge in [-0.25, -0.2) is 0 Å². The summed E-state index contributed by atoms with van der Waals surface area (Å²) in [5.74, 6) is 0.159. The molecule has 2 unspecified atom stereocenters. The van der Waals surface area contributed by atoms with Gasteiger partial charge >= 0.3 is 5.97 Å². The van der Waals surface area contributed by atoms with Gasteiger partial charge in [-0.15, -0.1) is 0 Å². The number of rotatable bonds is 4. The van der Waals surface area contributed by atoms with Gasteiger partial charge in [0.2, 0.25) is 0 Å². The van der Waals surface area contributed by atoms with E-state index in [1.165, 1.54) is 44.9 Å². The second kappa shape index (κ2) is 7.88. The molecule has 1 N–H and O–H groups in total. The summed E-state index contributed by atoms with van der Waals surface area (Å²) in [5, 5.41) is 3.82. The fourth-order valence-electron chi connectivity index (χ4n) is 3.59. The molecule has 0 amide bonds. The van der Waals surface area contributed by atoms with Crippen molar-refractivity contribution in [2.45, 2.75) is 83.2 Å². The Morgan fingerprint density at radius 2 is 1.68 bits per heavy atom. The van der Waals surface area contributed by atoms with Crippen LogP contribution in [0.15, 0.2) is 0 Å². The van der Waals surface area contributed by atoms with E-state index in [2.05, 4.69) is 5.32 Å². The lowest BCUT2D eigenvalue weighted by molar-refractivity contribution is -0.149. The van der Waals surface area contributed by atoms with Crippen LogP contribution < -0.4 is 5.32 Å². The molecule has 0 radical (unpaired) electrons. The van der Waals surface area contributed by atoms with Crippen LogP contribution in [0.25, 0.3) is 0 Å². The Morgan fingerprint density at radius 1 is 1.00 bits per heavy atom. The van der Waals surface area contributed by atoms with E-state index in [1.807, 2.05) is 6.92 Å². The molecule has 0 heterocycles. The third-order valence-electron chi connectivity index (χ3n) is 4.62. The average molecular weight is 267 g/mol. The topological polar surface area (TPSA) is 38.3 Å². The number of ether oxygens (including phenoxy) is 1. The lowest BCUT2D eigenvalue weighted by atomic mass is 9.85. The zero-order valence-electron chi connectivity index (χ0n) is 12.3. The van der Waals surface area contributed by atoms with Crippen LogP contribution in [0, 0.1) is 5.92 Å². The first kappa shape index (κ1) is 14.8. The lowest BCUT2D eigenvalue weighted by Crippen LogP contribution is -2.42. The molecule has 2 saturated carbocycles. The number of nitrogens with one attached hydrogen (secondary N) is 1. The van der Waals surface area contributed by atoms with Crippen molar-refractivity contribution < 1.29 is 9.53 Å². The highest BCUT2D eigenvalue weighted by Crippen LogP contribution is 2.27. The van der Waals surface area contributed by atoms with Crippen LogP contribution in [0.2, 0.25) is 0 Å². The molecule has 2 aliphatic rings. The maximum absolute atomic E-state index is 11.8. The molecular weight excluding hydrogens is 238 g/mol. The minimum absolute atomic E-state index is 0.0230. The maximum Gasteiger partial charge on any atom is 0.308 e. The van der Waals surface area contributed by atoms with Gasteiger partial charge in [0.1, 0.15) is 0 Å². The summed E-state index contributed by atoms with van der Waals surface area (Å²) in [5.41, 5.74) is 0. The Kier molecular flexibility index (Phi) is 6.15. The highest BCUT2D eigenvalue weighted by molar-refractivity contribution is 5.72. The minimum atomic E-state index is 0.0230.